The van der Waals surface area contributed by atoms with Crippen LogP contribution in [0.15, 0.2) is 16.3 Å². The Hall–Kier alpha value is -0.430. The van der Waals surface area contributed by atoms with Crippen molar-refractivity contribution in [1.82, 2.24) is 9.62 Å². The van der Waals surface area contributed by atoms with Gasteiger partial charge in [0, 0.05) is 30.6 Å². The molecule has 20 heavy (non-hydrogen) atoms. The van der Waals surface area contributed by atoms with Crippen LogP contribution >= 0.6 is 11.3 Å². The lowest BCUT2D eigenvalue weighted by Crippen LogP contribution is -2.35. The van der Waals surface area contributed by atoms with E-state index in [-0.39, 0.29) is 6.04 Å². The van der Waals surface area contributed by atoms with Crippen LogP contribution in [0.2, 0.25) is 0 Å². The molecule has 0 aromatic carbocycles. The molecule has 2 fully saturated rings. The zero-order chi connectivity index (χ0) is 14.2. The lowest BCUT2D eigenvalue weighted by atomic mass is 10.3. The molecular weight excluding hydrogens is 292 g/mol. The average molecular weight is 314 g/mol. The molecule has 2 aliphatic rings. The van der Waals surface area contributed by atoms with Crippen LogP contribution in [0.4, 0.5) is 0 Å². The quantitative estimate of drug-likeness (QED) is 0.878. The van der Waals surface area contributed by atoms with Crippen molar-refractivity contribution in [3.05, 3.63) is 16.3 Å². The van der Waals surface area contributed by atoms with Crippen molar-refractivity contribution in [3.63, 3.8) is 0 Å². The summed E-state index contributed by atoms with van der Waals surface area (Å²) in [5.74, 6) is 0. The van der Waals surface area contributed by atoms with E-state index >= 15 is 0 Å². The SMILES string of the molecule is CN(C1CCCC1)S(=O)(=O)c1ccsc1CNC1CC1. The van der Waals surface area contributed by atoms with E-state index in [0.717, 1.165) is 30.6 Å². The summed E-state index contributed by atoms with van der Waals surface area (Å²) < 4.78 is 27.1. The molecule has 0 unspecified atom stereocenters. The van der Waals surface area contributed by atoms with Crippen molar-refractivity contribution in [2.24, 2.45) is 0 Å². The Morgan fingerprint density at radius 1 is 1.30 bits per heavy atom. The van der Waals surface area contributed by atoms with Gasteiger partial charge in [-0.15, -0.1) is 11.3 Å². The summed E-state index contributed by atoms with van der Waals surface area (Å²) in [5, 5.41) is 5.30. The normalized spacial score (nSPS) is 20.9. The zero-order valence-electron chi connectivity index (χ0n) is 11.8. The maximum atomic E-state index is 12.8. The number of hydrogen-bond acceptors (Lipinski definition) is 4. The lowest BCUT2D eigenvalue weighted by Gasteiger charge is -2.23. The molecule has 0 atom stereocenters. The second kappa shape index (κ2) is 5.75. The number of hydrogen-bond donors (Lipinski definition) is 1. The first-order valence-electron chi connectivity index (χ1n) is 7.37. The summed E-state index contributed by atoms with van der Waals surface area (Å²) in [6.07, 6.45) is 6.71. The molecule has 3 rings (SSSR count). The molecule has 0 spiro atoms. The van der Waals surface area contributed by atoms with Gasteiger partial charge < -0.3 is 5.32 Å². The maximum Gasteiger partial charge on any atom is 0.244 e. The van der Waals surface area contributed by atoms with Crippen LogP contribution in [0.5, 0.6) is 0 Å². The summed E-state index contributed by atoms with van der Waals surface area (Å²) >= 11 is 1.54. The third kappa shape index (κ3) is 2.93. The van der Waals surface area contributed by atoms with E-state index in [1.165, 1.54) is 24.2 Å². The summed E-state index contributed by atoms with van der Waals surface area (Å²) in [5.41, 5.74) is 0. The van der Waals surface area contributed by atoms with Gasteiger partial charge >= 0.3 is 0 Å². The van der Waals surface area contributed by atoms with Crippen LogP contribution in [0.3, 0.4) is 0 Å². The summed E-state index contributed by atoms with van der Waals surface area (Å²) in [6.45, 7) is 0.676. The van der Waals surface area contributed by atoms with Gasteiger partial charge in [0.2, 0.25) is 10.0 Å². The Kier molecular flexibility index (Phi) is 4.17. The fourth-order valence-corrected chi connectivity index (χ4v) is 5.61. The van der Waals surface area contributed by atoms with Crippen molar-refractivity contribution in [2.75, 3.05) is 7.05 Å². The minimum absolute atomic E-state index is 0.184. The lowest BCUT2D eigenvalue weighted by molar-refractivity contribution is 0.372. The Morgan fingerprint density at radius 3 is 2.65 bits per heavy atom. The Morgan fingerprint density at radius 2 is 2.00 bits per heavy atom. The molecule has 2 aliphatic carbocycles. The molecule has 1 aromatic heterocycles. The van der Waals surface area contributed by atoms with E-state index in [2.05, 4.69) is 5.32 Å². The van der Waals surface area contributed by atoms with Crippen LogP contribution in [-0.2, 0) is 16.6 Å². The number of rotatable bonds is 6. The average Bonchev–Trinajstić information content (AvgIpc) is 2.95. The highest BCUT2D eigenvalue weighted by molar-refractivity contribution is 7.89. The third-order valence-electron chi connectivity index (χ3n) is 4.33. The first kappa shape index (κ1) is 14.5. The molecule has 0 bridgehead atoms. The van der Waals surface area contributed by atoms with Crippen LogP contribution in [0.1, 0.15) is 43.4 Å². The number of thiophene rings is 1. The molecular formula is C14H22N2O2S2. The highest BCUT2D eigenvalue weighted by Crippen LogP contribution is 2.31. The van der Waals surface area contributed by atoms with Gasteiger partial charge in [-0.1, -0.05) is 12.8 Å². The third-order valence-corrected chi connectivity index (χ3v) is 7.37. The monoisotopic (exact) mass is 314 g/mol. The second-order valence-electron chi connectivity index (χ2n) is 5.82. The molecule has 0 aliphatic heterocycles. The Labute approximate surface area is 125 Å². The molecule has 1 N–H and O–H groups in total. The van der Waals surface area contributed by atoms with Crippen molar-refractivity contribution < 1.29 is 8.42 Å². The highest BCUT2D eigenvalue weighted by Gasteiger charge is 2.32. The predicted octanol–water partition coefficient (Wildman–Crippen LogP) is 2.56. The smallest absolute Gasteiger partial charge is 0.244 e. The highest BCUT2D eigenvalue weighted by atomic mass is 32.2. The number of nitrogens with zero attached hydrogens (tertiary/aromatic N) is 1. The molecule has 0 amide bonds. The van der Waals surface area contributed by atoms with Gasteiger partial charge in [-0.25, -0.2) is 8.42 Å². The van der Waals surface area contributed by atoms with Gasteiger partial charge in [-0.2, -0.15) is 4.31 Å². The van der Waals surface area contributed by atoms with Crippen molar-refractivity contribution >= 4 is 21.4 Å². The molecule has 1 aromatic rings. The fourth-order valence-electron chi connectivity index (χ4n) is 2.83. The molecule has 112 valence electrons. The largest absolute Gasteiger partial charge is 0.309 e. The molecule has 0 radical (unpaired) electrons. The van der Waals surface area contributed by atoms with E-state index in [1.54, 1.807) is 17.4 Å². The van der Waals surface area contributed by atoms with E-state index in [4.69, 9.17) is 0 Å². The van der Waals surface area contributed by atoms with E-state index in [1.807, 2.05) is 5.38 Å². The van der Waals surface area contributed by atoms with Gasteiger partial charge in [0.15, 0.2) is 0 Å². The van der Waals surface area contributed by atoms with Gasteiger partial charge in [0.25, 0.3) is 0 Å². The number of sulfonamides is 1. The summed E-state index contributed by atoms with van der Waals surface area (Å²) in [4.78, 5) is 1.45. The van der Waals surface area contributed by atoms with Crippen LogP contribution in [-0.4, -0.2) is 31.9 Å². The second-order valence-corrected chi connectivity index (χ2v) is 8.79. The van der Waals surface area contributed by atoms with Crippen molar-refractivity contribution in [3.8, 4) is 0 Å². The topological polar surface area (TPSA) is 49.4 Å². The minimum atomic E-state index is -3.33. The predicted molar refractivity (Wildman–Crippen MR) is 81.4 cm³/mol. The Balaban J connectivity index is 1.77. The van der Waals surface area contributed by atoms with E-state index < -0.39 is 10.0 Å². The van der Waals surface area contributed by atoms with E-state index in [9.17, 15) is 8.42 Å². The van der Waals surface area contributed by atoms with Crippen LogP contribution < -0.4 is 5.32 Å². The first-order chi connectivity index (χ1) is 9.59. The van der Waals surface area contributed by atoms with Gasteiger partial charge in [-0.05, 0) is 37.1 Å². The summed E-state index contributed by atoms with van der Waals surface area (Å²) in [7, 11) is -1.60. The zero-order valence-corrected chi connectivity index (χ0v) is 13.5. The molecule has 1 heterocycles. The molecule has 6 heteroatoms. The van der Waals surface area contributed by atoms with Crippen LogP contribution in [0, 0.1) is 0 Å². The van der Waals surface area contributed by atoms with Gasteiger partial charge in [0.1, 0.15) is 0 Å². The summed E-state index contributed by atoms with van der Waals surface area (Å²) in [6, 6.07) is 2.54. The molecule has 2 saturated carbocycles. The van der Waals surface area contributed by atoms with Crippen molar-refractivity contribution in [1.29, 1.82) is 0 Å². The standard InChI is InChI=1S/C14H22N2O2S2/c1-16(12-4-2-3-5-12)20(17,18)14-8-9-19-13(14)10-15-11-6-7-11/h8-9,11-12,15H,2-7,10H2,1H3. The first-order valence-corrected chi connectivity index (χ1v) is 9.69. The molecule has 4 nitrogen and oxygen atoms in total. The maximum absolute atomic E-state index is 12.8. The minimum Gasteiger partial charge on any atom is -0.309 e. The fraction of sp³-hybridized carbons (Fsp3) is 0.714. The van der Waals surface area contributed by atoms with Gasteiger partial charge in [-0.3, -0.25) is 0 Å². The van der Waals surface area contributed by atoms with Crippen molar-refractivity contribution in [2.45, 2.75) is 62.0 Å². The van der Waals surface area contributed by atoms with Crippen LogP contribution in [0.25, 0.3) is 0 Å². The van der Waals surface area contributed by atoms with Gasteiger partial charge in [0.05, 0.1) is 4.90 Å². The number of nitrogens with one attached hydrogen (secondary N) is 1. The Bertz CT molecular complexity index is 557. The molecule has 0 saturated heterocycles. The van der Waals surface area contributed by atoms with E-state index in [0.29, 0.717) is 17.5 Å².